The van der Waals surface area contributed by atoms with Crippen LogP contribution in [-0.2, 0) is 4.74 Å². The van der Waals surface area contributed by atoms with Crippen LogP contribution < -0.4 is 0 Å². The van der Waals surface area contributed by atoms with E-state index in [1.165, 1.54) is 11.3 Å². The summed E-state index contributed by atoms with van der Waals surface area (Å²) >= 11 is 1.48. The van der Waals surface area contributed by atoms with Gasteiger partial charge in [0.2, 0.25) is 0 Å². The molecule has 0 spiro atoms. The predicted molar refractivity (Wildman–Crippen MR) is 108 cm³/mol. The minimum Gasteiger partial charge on any atom is -0.449 e. The molecule has 0 fully saturated rings. The van der Waals surface area contributed by atoms with Gasteiger partial charge in [-0.05, 0) is 30.5 Å². The third-order valence-corrected chi connectivity index (χ3v) is 5.08. The van der Waals surface area contributed by atoms with Crippen LogP contribution in [0.5, 0.6) is 0 Å². The van der Waals surface area contributed by atoms with Crippen molar-refractivity contribution in [3.05, 3.63) is 94.7 Å². The lowest BCUT2D eigenvalue weighted by Crippen LogP contribution is -2.10. The van der Waals surface area contributed by atoms with E-state index in [0.717, 1.165) is 4.88 Å². The first-order valence-corrected chi connectivity index (χ1v) is 9.78. The molecule has 29 heavy (non-hydrogen) atoms. The number of ketones is 1. The van der Waals surface area contributed by atoms with Gasteiger partial charge >= 0.3 is 5.97 Å². The highest BCUT2D eigenvalue weighted by Crippen LogP contribution is 2.26. The highest BCUT2D eigenvalue weighted by atomic mass is 32.1. The predicted octanol–water partition coefficient (Wildman–Crippen LogP) is 4.95. The molecule has 6 nitrogen and oxygen atoms in total. The zero-order valence-electron chi connectivity index (χ0n) is 15.4. The fraction of sp³-hybridized carbons (Fsp3) is 0.0909. The lowest BCUT2D eigenvalue weighted by molar-refractivity contribution is 0.0279. The van der Waals surface area contributed by atoms with Crippen molar-refractivity contribution >= 4 is 23.1 Å². The van der Waals surface area contributed by atoms with Gasteiger partial charge in [0.05, 0.1) is 10.4 Å². The van der Waals surface area contributed by atoms with Crippen molar-refractivity contribution in [3.63, 3.8) is 0 Å². The number of nitrogens with zero attached hydrogens (tertiary/aromatic N) is 2. The SMILES string of the molecule is C[C@H](OC(=O)c1ccc(C(=O)c2ccccc2)cc1)c1nnc(-c2cccs2)o1. The number of benzene rings is 2. The third-order valence-electron chi connectivity index (χ3n) is 4.22. The molecule has 2 aromatic heterocycles. The topological polar surface area (TPSA) is 82.3 Å². The number of carbonyl (C=O) groups excluding carboxylic acids is 2. The zero-order chi connectivity index (χ0) is 20.2. The first kappa shape index (κ1) is 18.8. The summed E-state index contributed by atoms with van der Waals surface area (Å²) in [7, 11) is 0. The Morgan fingerprint density at radius 2 is 1.59 bits per heavy atom. The van der Waals surface area contributed by atoms with E-state index in [-0.39, 0.29) is 11.7 Å². The van der Waals surface area contributed by atoms with Gasteiger partial charge in [0.25, 0.3) is 11.8 Å². The number of thiophene rings is 1. The number of aromatic nitrogens is 2. The number of ether oxygens (including phenoxy) is 1. The molecule has 2 heterocycles. The maximum Gasteiger partial charge on any atom is 0.338 e. The molecule has 0 radical (unpaired) electrons. The third kappa shape index (κ3) is 4.14. The zero-order valence-corrected chi connectivity index (χ0v) is 16.3. The van der Waals surface area contributed by atoms with Gasteiger partial charge in [0.1, 0.15) is 0 Å². The first-order valence-electron chi connectivity index (χ1n) is 8.90. The van der Waals surface area contributed by atoms with Gasteiger partial charge in [-0.25, -0.2) is 4.79 Å². The van der Waals surface area contributed by atoms with Crippen LogP contribution in [0.3, 0.4) is 0 Å². The molecule has 0 amide bonds. The second-order valence-electron chi connectivity index (χ2n) is 6.24. The summed E-state index contributed by atoms with van der Waals surface area (Å²) in [6.45, 7) is 1.66. The van der Waals surface area contributed by atoms with Gasteiger partial charge in [-0.3, -0.25) is 4.79 Å². The fourth-order valence-corrected chi connectivity index (χ4v) is 3.34. The lowest BCUT2D eigenvalue weighted by Gasteiger charge is -2.09. The van der Waals surface area contributed by atoms with Crippen LogP contribution in [0.1, 0.15) is 45.2 Å². The van der Waals surface area contributed by atoms with Crippen molar-refractivity contribution in [1.82, 2.24) is 10.2 Å². The van der Waals surface area contributed by atoms with Crippen molar-refractivity contribution in [2.24, 2.45) is 0 Å². The molecule has 0 aliphatic heterocycles. The van der Waals surface area contributed by atoms with Crippen LogP contribution in [-0.4, -0.2) is 21.9 Å². The maximum atomic E-state index is 12.4. The maximum absolute atomic E-state index is 12.4. The van der Waals surface area contributed by atoms with Crippen molar-refractivity contribution in [2.45, 2.75) is 13.0 Å². The Morgan fingerprint density at radius 1 is 0.897 bits per heavy atom. The molecule has 144 valence electrons. The summed E-state index contributed by atoms with van der Waals surface area (Å²) in [5.74, 6) is -0.0303. The van der Waals surface area contributed by atoms with Gasteiger partial charge in [-0.2, -0.15) is 0 Å². The van der Waals surface area contributed by atoms with Crippen molar-refractivity contribution in [1.29, 1.82) is 0 Å². The van der Waals surface area contributed by atoms with E-state index in [2.05, 4.69) is 10.2 Å². The van der Waals surface area contributed by atoms with E-state index < -0.39 is 12.1 Å². The Labute approximate surface area is 170 Å². The van der Waals surface area contributed by atoms with Gasteiger partial charge in [-0.15, -0.1) is 21.5 Å². The lowest BCUT2D eigenvalue weighted by atomic mass is 10.0. The van der Waals surface area contributed by atoms with E-state index in [0.29, 0.717) is 22.6 Å². The summed E-state index contributed by atoms with van der Waals surface area (Å²) in [5.41, 5.74) is 1.42. The van der Waals surface area contributed by atoms with Crippen LogP contribution in [0.25, 0.3) is 10.8 Å². The molecular weight excluding hydrogens is 388 g/mol. The van der Waals surface area contributed by atoms with E-state index >= 15 is 0 Å². The molecule has 7 heteroatoms. The Hall–Kier alpha value is -3.58. The quantitative estimate of drug-likeness (QED) is 0.334. The van der Waals surface area contributed by atoms with E-state index in [9.17, 15) is 9.59 Å². The standard InChI is InChI=1S/C22H16N2O4S/c1-14(20-23-24-21(28-20)18-8-5-13-29-18)27-22(26)17-11-9-16(10-12-17)19(25)15-6-3-2-4-7-15/h2-14H,1H3/t14-/m0/s1. The second-order valence-corrected chi connectivity index (χ2v) is 7.19. The molecule has 0 saturated carbocycles. The molecule has 4 aromatic rings. The summed E-state index contributed by atoms with van der Waals surface area (Å²) in [6.07, 6.45) is -0.700. The number of hydrogen-bond acceptors (Lipinski definition) is 7. The number of rotatable bonds is 6. The van der Waals surface area contributed by atoms with Gasteiger partial charge < -0.3 is 9.15 Å². The largest absolute Gasteiger partial charge is 0.449 e. The summed E-state index contributed by atoms with van der Waals surface area (Å²) < 4.78 is 11.0. The Bertz CT molecular complexity index is 1120. The Morgan fingerprint density at radius 3 is 2.28 bits per heavy atom. The van der Waals surface area contributed by atoms with Gasteiger partial charge in [0.15, 0.2) is 11.9 Å². The first-order chi connectivity index (χ1) is 14.1. The average Bonchev–Trinajstić information content (AvgIpc) is 3.46. The smallest absolute Gasteiger partial charge is 0.338 e. The summed E-state index contributed by atoms with van der Waals surface area (Å²) in [5, 5.41) is 9.85. The molecule has 0 bridgehead atoms. The van der Waals surface area contributed by atoms with E-state index in [1.54, 1.807) is 43.3 Å². The molecular formula is C22H16N2O4S. The second kappa shape index (κ2) is 8.20. The highest BCUT2D eigenvalue weighted by molar-refractivity contribution is 7.13. The molecule has 1 atom stereocenters. The molecule has 0 unspecified atom stereocenters. The molecule has 4 rings (SSSR count). The minimum atomic E-state index is -0.700. The molecule has 2 aromatic carbocycles. The molecule has 0 saturated heterocycles. The van der Waals surface area contributed by atoms with E-state index in [4.69, 9.17) is 9.15 Å². The Balaban J connectivity index is 1.42. The number of carbonyl (C=O) groups is 2. The van der Waals surface area contributed by atoms with Crippen molar-refractivity contribution in [2.75, 3.05) is 0 Å². The van der Waals surface area contributed by atoms with Crippen LogP contribution >= 0.6 is 11.3 Å². The van der Waals surface area contributed by atoms with Crippen molar-refractivity contribution < 1.29 is 18.7 Å². The monoisotopic (exact) mass is 404 g/mol. The molecule has 0 aliphatic carbocycles. The summed E-state index contributed by atoms with van der Waals surface area (Å²) in [4.78, 5) is 25.7. The van der Waals surface area contributed by atoms with Crippen molar-refractivity contribution in [3.8, 4) is 10.8 Å². The van der Waals surface area contributed by atoms with Crippen LogP contribution in [0, 0.1) is 0 Å². The fourth-order valence-electron chi connectivity index (χ4n) is 2.69. The highest BCUT2D eigenvalue weighted by Gasteiger charge is 2.20. The number of esters is 1. The number of hydrogen-bond donors (Lipinski definition) is 0. The molecule has 0 aliphatic rings. The summed E-state index contributed by atoms with van der Waals surface area (Å²) in [6, 6.07) is 19.1. The minimum absolute atomic E-state index is 0.106. The average molecular weight is 404 g/mol. The van der Waals surface area contributed by atoms with Crippen LogP contribution in [0.4, 0.5) is 0 Å². The van der Waals surface area contributed by atoms with Gasteiger partial charge in [-0.1, -0.05) is 48.5 Å². The normalized spacial score (nSPS) is 11.8. The van der Waals surface area contributed by atoms with Crippen LogP contribution in [0.2, 0.25) is 0 Å². The van der Waals surface area contributed by atoms with Crippen LogP contribution in [0.15, 0.2) is 76.5 Å². The van der Waals surface area contributed by atoms with Gasteiger partial charge in [0, 0.05) is 11.1 Å². The molecule has 0 N–H and O–H groups in total. The Kier molecular flexibility index (Phi) is 5.31. The van der Waals surface area contributed by atoms with E-state index in [1.807, 2.05) is 35.7 Å².